The van der Waals surface area contributed by atoms with Gasteiger partial charge in [-0.1, -0.05) is 11.6 Å². The topological polar surface area (TPSA) is 95.9 Å². The number of carbonyl (C=O) groups is 1. The van der Waals surface area contributed by atoms with Crippen molar-refractivity contribution in [3.8, 4) is 17.3 Å². The summed E-state index contributed by atoms with van der Waals surface area (Å²) in [7, 11) is 0. The fraction of sp³-hybridized carbons (Fsp3) is 0.150. The zero-order valence-corrected chi connectivity index (χ0v) is 16.4. The molecule has 0 N–H and O–H groups in total. The molecule has 0 aliphatic carbocycles. The van der Waals surface area contributed by atoms with Crippen LogP contribution in [0, 0.1) is 13.8 Å². The van der Waals surface area contributed by atoms with Gasteiger partial charge in [-0.2, -0.15) is 5.10 Å². The molecule has 0 radical (unpaired) electrons. The fourth-order valence-corrected chi connectivity index (χ4v) is 2.85. The normalized spacial score (nSPS) is 10.9. The molecule has 3 aromatic heterocycles. The van der Waals surface area contributed by atoms with E-state index in [0.29, 0.717) is 22.3 Å². The van der Waals surface area contributed by atoms with Crippen LogP contribution < -0.4 is 0 Å². The smallest absolute Gasteiger partial charge is 0.340 e. The molecule has 1 aromatic carbocycles. The Labute approximate surface area is 171 Å². The van der Waals surface area contributed by atoms with Crippen molar-refractivity contribution in [3.05, 3.63) is 76.5 Å². The molecular formula is C20H16ClN5O3. The summed E-state index contributed by atoms with van der Waals surface area (Å²) in [5, 5.41) is 12.8. The second kappa shape index (κ2) is 7.84. The molecule has 0 unspecified atom stereocenters. The van der Waals surface area contributed by atoms with E-state index in [1.165, 1.54) is 6.20 Å². The quantitative estimate of drug-likeness (QED) is 0.460. The largest absolute Gasteiger partial charge is 0.452 e. The number of nitrogens with zero attached hydrogens (tertiary/aromatic N) is 5. The van der Waals surface area contributed by atoms with E-state index in [9.17, 15) is 4.79 Å². The van der Waals surface area contributed by atoms with Crippen molar-refractivity contribution in [1.29, 1.82) is 0 Å². The minimum Gasteiger partial charge on any atom is -0.452 e. The molecule has 9 heteroatoms. The fourth-order valence-electron chi connectivity index (χ4n) is 2.72. The number of hydrogen-bond donors (Lipinski definition) is 0. The van der Waals surface area contributed by atoms with E-state index in [4.69, 9.17) is 20.8 Å². The minimum atomic E-state index is -0.538. The van der Waals surface area contributed by atoms with Gasteiger partial charge in [0, 0.05) is 22.5 Å². The number of ether oxygens (including phenoxy) is 1. The van der Waals surface area contributed by atoms with Gasteiger partial charge in [0.25, 0.3) is 5.89 Å². The third-order valence-corrected chi connectivity index (χ3v) is 4.35. The Balaban J connectivity index is 1.40. The third kappa shape index (κ3) is 4.17. The first-order valence-corrected chi connectivity index (χ1v) is 9.12. The highest BCUT2D eigenvalue weighted by Gasteiger charge is 2.14. The maximum absolute atomic E-state index is 12.3. The van der Waals surface area contributed by atoms with Gasteiger partial charge in [0.1, 0.15) is 0 Å². The molecule has 0 aliphatic rings. The summed E-state index contributed by atoms with van der Waals surface area (Å²) in [6.45, 7) is 3.70. The Kier molecular flexibility index (Phi) is 5.09. The van der Waals surface area contributed by atoms with E-state index in [2.05, 4.69) is 20.3 Å². The first-order chi connectivity index (χ1) is 14.0. The summed E-state index contributed by atoms with van der Waals surface area (Å²) < 4.78 is 12.5. The molecule has 8 nitrogen and oxygen atoms in total. The highest BCUT2D eigenvalue weighted by Crippen LogP contribution is 2.20. The van der Waals surface area contributed by atoms with Crippen molar-refractivity contribution in [1.82, 2.24) is 25.0 Å². The predicted molar refractivity (Wildman–Crippen MR) is 105 cm³/mol. The summed E-state index contributed by atoms with van der Waals surface area (Å²) in [6, 6.07) is 12.3. The van der Waals surface area contributed by atoms with Crippen LogP contribution in [-0.2, 0) is 11.3 Å². The van der Waals surface area contributed by atoms with Gasteiger partial charge in [-0.15, -0.1) is 10.2 Å². The van der Waals surface area contributed by atoms with E-state index in [-0.39, 0.29) is 12.5 Å². The lowest BCUT2D eigenvalue weighted by Crippen LogP contribution is -2.08. The molecule has 0 aliphatic heterocycles. The average molecular weight is 410 g/mol. The molecular weight excluding hydrogens is 394 g/mol. The minimum absolute atomic E-state index is 0.140. The number of benzene rings is 1. The first kappa shape index (κ1) is 18.8. The van der Waals surface area contributed by atoms with Gasteiger partial charge in [0.15, 0.2) is 12.4 Å². The van der Waals surface area contributed by atoms with Crippen LogP contribution in [0.25, 0.3) is 17.3 Å². The summed E-state index contributed by atoms with van der Waals surface area (Å²) in [4.78, 5) is 16.5. The molecule has 0 saturated carbocycles. The Morgan fingerprint density at radius 2 is 1.93 bits per heavy atom. The molecule has 0 amide bonds. The molecule has 4 rings (SSSR count). The van der Waals surface area contributed by atoms with Crippen LogP contribution in [-0.4, -0.2) is 30.9 Å². The van der Waals surface area contributed by atoms with Crippen molar-refractivity contribution in [2.75, 3.05) is 0 Å². The standard InChI is InChI=1S/C20H16ClN5O3/c1-12-9-13(2)26(25-12)17-8-5-15(10-22-17)20(27)28-11-18-23-24-19(29-18)14-3-6-16(21)7-4-14/h3-10H,11H2,1-2H3. The highest BCUT2D eigenvalue weighted by molar-refractivity contribution is 6.30. The highest BCUT2D eigenvalue weighted by atomic mass is 35.5. The van der Waals surface area contributed by atoms with Crippen LogP contribution in [0.1, 0.15) is 27.6 Å². The Morgan fingerprint density at radius 3 is 2.59 bits per heavy atom. The van der Waals surface area contributed by atoms with Crippen LogP contribution in [0.4, 0.5) is 0 Å². The molecule has 0 atom stereocenters. The van der Waals surface area contributed by atoms with Gasteiger partial charge < -0.3 is 9.15 Å². The van der Waals surface area contributed by atoms with Crippen LogP contribution in [0.15, 0.2) is 53.1 Å². The molecule has 0 spiro atoms. The number of carbonyl (C=O) groups excluding carboxylic acids is 1. The number of hydrogen-bond acceptors (Lipinski definition) is 7. The third-order valence-electron chi connectivity index (χ3n) is 4.09. The van der Waals surface area contributed by atoms with Crippen LogP contribution in [0.2, 0.25) is 5.02 Å². The van der Waals surface area contributed by atoms with Gasteiger partial charge in [-0.25, -0.2) is 14.5 Å². The van der Waals surface area contributed by atoms with Crippen molar-refractivity contribution < 1.29 is 13.9 Å². The Bertz CT molecular complexity index is 1150. The maximum Gasteiger partial charge on any atom is 0.340 e. The SMILES string of the molecule is Cc1cc(C)n(-c2ccc(C(=O)OCc3nnc(-c4ccc(Cl)cc4)o3)cn2)n1. The van der Waals surface area contributed by atoms with E-state index in [1.807, 2.05) is 19.9 Å². The zero-order valence-electron chi connectivity index (χ0n) is 15.7. The monoisotopic (exact) mass is 409 g/mol. The van der Waals surface area contributed by atoms with Gasteiger partial charge in [-0.05, 0) is 56.3 Å². The van der Waals surface area contributed by atoms with E-state index in [0.717, 1.165) is 17.0 Å². The molecule has 0 bridgehead atoms. The predicted octanol–water partition coefficient (Wildman–Crippen LogP) is 3.94. The molecule has 4 aromatic rings. The van der Waals surface area contributed by atoms with Crippen LogP contribution >= 0.6 is 11.6 Å². The Hall–Kier alpha value is -3.52. The number of esters is 1. The van der Waals surface area contributed by atoms with E-state index < -0.39 is 5.97 Å². The molecule has 146 valence electrons. The zero-order chi connectivity index (χ0) is 20.4. The van der Waals surface area contributed by atoms with Crippen LogP contribution in [0.3, 0.4) is 0 Å². The van der Waals surface area contributed by atoms with Crippen molar-refractivity contribution in [3.63, 3.8) is 0 Å². The van der Waals surface area contributed by atoms with Crippen molar-refractivity contribution in [2.45, 2.75) is 20.5 Å². The van der Waals surface area contributed by atoms with Gasteiger partial charge in [0.2, 0.25) is 5.89 Å². The molecule has 29 heavy (non-hydrogen) atoms. The lowest BCUT2D eigenvalue weighted by atomic mass is 10.2. The number of rotatable bonds is 5. The second-order valence-corrected chi connectivity index (χ2v) is 6.76. The van der Waals surface area contributed by atoms with Crippen LogP contribution in [0.5, 0.6) is 0 Å². The maximum atomic E-state index is 12.3. The first-order valence-electron chi connectivity index (χ1n) is 8.75. The summed E-state index contributed by atoms with van der Waals surface area (Å²) in [5.41, 5.74) is 2.89. The summed E-state index contributed by atoms with van der Waals surface area (Å²) >= 11 is 5.87. The number of pyridine rings is 1. The van der Waals surface area contributed by atoms with E-state index >= 15 is 0 Å². The molecule has 3 heterocycles. The van der Waals surface area contributed by atoms with Crippen molar-refractivity contribution in [2.24, 2.45) is 0 Å². The lowest BCUT2D eigenvalue weighted by molar-refractivity contribution is 0.0438. The van der Waals surface area contributed by atoms with Gasteiger partial charge in [0.05, 0.1) is 11.3 Å². The number of aromatic nitrogens is 5. The molecule has 0 fully saturated rings. The van der Waals surface area contributed by atoms with E-state index in [1.54, 1.807) is 41.1 Å². The average Bonchev–Trinajstić information content (AvgIpc) is 3.33. The van der Waals surface area contributed by atoms with Crippen molar-refractivity contribution >= 4 is 17.6 Å². The summed E-state index contributed by atoms with van der Waals surface area (Å²) in [5.74, 6) is 0.597. The lowest BCUT2D eigenvalue weighted by Gasteiger charge is -2.05. The summed E-state index contributed by atoms with van der Waals surface area (Å²) in [6.07, 6.45) is 1.45. The van der Waals surface area contributed by atoms with Gasteiger partial charge >= 0.3 is 5.97 Å². The Morgan fingerprint density at radius 1 is 1.14 bits per heavy atom. The second-order valence-electron chi connectivity index (χ2n) is 6.33. The number of aryl methyl sites for hydroxylation is 2. The number of halogens is 1. The van der Waals surface area contributed by atoms with Gasteiger partial charge in [-0.3, -0.25) is 0 Å². The molecule has 0 saturated heterocycles.